The second-order valence-electron chi connectivity index (χ2n) is 5.75. The highest BCUT2D eigenvalue weighted by atomic mass is 16.5. The van der Waals surface area contributed by atoms with Crippen molar-refractivity contribution in [1.29, 1.82) is 0 Å². The molecule has 4 heteroatoms. The van der Waals surface area contributed by atoms with Crippen molar-refractivity contribution >= 4 is 5.97 Å². The van der Waals surface area contributed by atoms with Gasteiger partial charge >= 0.3 is 5.97 Å². The first kappa shape index (κ1) is 16.0. The van der Waals surface area contributed by atoms with Gasteiger partial charge in [-0.15, -0.1) is 0 Å². The van der Waals surface area contributed by atoms with Crippen molar-refractivity contribution in [3.63, 3.8) is 0 Å². The highest BCUT2D eigenvalue weighted by Crippen LogP contribution is 2.30. The molecular weight excluding hydrogens is 266 g/mol. The maximum Gasteiger partial charge on any atom is 0.305 e. The van der Waals surface area contributed by atoms with Gasteiger partial charge in [0.05, 0.1) is 13.2 Å². The van der Waals surface area contributed by atoms with E-state index in [0.29, 0.717) is 12.3 Å². The lowest BCUT2D eigenvalue weighted by Crippen LogP contribution is -2.41. The molecule has 116 valence electrons. The number of ether oxygens (including phenoxy) is 2. The fraction of sp³-hybridized carbons (Fsp3) is 0.588. The Morgan fingerprint density at radius 1 is 1.38 bits per heavy atom. The van der Waals surface area contributed by atoms with Gasteiger partial charge in [0.25, 0.3) is 0 Å². The molecule has 2 rings (SSSR count). The van der Waals surface area contributed by atoms with Crippen LogP contribution >= 0.6 is 0 Å². The minimum Gasteiger partial charge on any atom is -0.469 e. The molecule has 0 aliphatic carbocycles. The van der Waals surface area contributed by atoms with Gasteiger partial charge in [-0.25, -0.2) is 0 Å². The minimum atomic E-state index is -0.158. The summed E-state index contributed by atoms with van der Waals surface area (Å²) in [4.78, 5) is 13.6. The fourth-order valence-electron chi connectivity index (χ4n) is 3.02. The lowest BCUT2D eigenvalue weighted by Gasteiger charge is -2.36. The van der Waals surface area contributed by atoms with Crippen LogP contribution < -0.4 is 0 Å². The summed E-state index contributed by atoms with van der Waals surface area (Å²) in [6.07, 6.45) is 2.50. The van der Waals surface area contributed by atoms with E-state index in [2.05, 4.69) is 36.2 Å². The molecule has 1 heterocycles. The third-order valence-corrected chi connectivity index (χ3v) is 4.29. The quantitative estimate of drug-likeness (QED) is 0.780. The molecular formula is C17H25NO3. The Morgan fingerprint density at radius 3 is 2.90 bits per heavy atom. The van der Waals surface area contributed by atoms with Gasteiger partial charge in [0.1, 0.15) is 0 Å². The van der Waals surface area contributed by atoms with Gasteiger partial charge in [-0.3, -0.25) is 4.79 Å². The number of esters is 1. The molecule has 2 atom stereocenters. The predicted molar refractivity (Wildman–Crippen MR) is 82.4 cm³/mol. The number of benzene rings is 1. The molecule has 21 heavy (non-hydrogen) atoms. The molecule has 0 N–H and O–H groups in total. The zero-order valence-corrected chi connectivity index (χ0v) is 13.2. The second kappa shape index (κ2) is 7.57. The average molecular weight is 291 g/mol. The molecule has 0 radical (unpaired) electrons. The van der Waals surface area contributed by atoms with Gasteiger partial charge in [0, 0.05) is 26.0 Å². The van der Waals surface area contributed by atoms with Crippen molar-refractivity contribution in [2.24, 2.45) is 0 Å². The van der Waals surface area contributed by atoms with Crippen molar-refractivity contribution in [2.75, 3.05) is 34.4 Å². The van der Waals surface area contributed by atoms with E-state index < -0.39 is 0 Å². The van der Waals surface area contributed by atoms with Crippen molar-refractivity contribution in [1.82, 2.24) is 4.90 Å². The smallest absolute Gasteiger partial charge is 0.305 e. The maximum atomic E-state index is 11.3. The van der Waals surface area contributed by atoms with E-state index in [1.165, 1.54) is 18.2 Å². The van der Waals surface area contributed by atoms with Crippen LogP contribution in [0.5, 0.6) is 0 Å². The number of hydrogen-bond acceptors (Lipinski definition) is 4. The summed E-state index contributed by atoms with van der Waals surface area (Å²) in [6.45, 7) is 2.06. The summed E-state index contributed by atoms with van der Waals surface area (Å²) in [6, 6.07) is 8.53. The number of piperidine rings is 1. The fourth-order valence-corrected chi connectivity index (χ4v) is 3.02. The summed E-state index contributed by atoms with van der Waals surface area (Å²) in [5, 5.41) is 0. The average Bonchev–Trinajstić information content (AvgIpc) is 2.52. The van der Waals surface area contributed by atoms with E-state index in [0.717, 1.165) is 25.9 Å². The number of carbonyl (C=O) groups excluding carboxylic acids is 1. The van der Waals surface area contributed by atoms with Crippen molar-refractivity contribution in [3.8, 4) is 0 Å². The number of likely N-dealkylation sites (tertiary alicyclic amines) is 1. The minimum absolute atomic E-state index is 0.158. The normalized spacial score (nSPS) is 23.0. The number of hydrogen-bond donors (Lipinski definition) is 0. The Labute approximate surface area is 127 Å². The molecule has 1 fully saturated rings. The van der Waals surface area contributed by atoms with Gasteiger partial charge < -0.3 is 14.4 Å². The maximum absolute atomic E-state index is 11.3. The van der Waals surface area contributed by atoms with Crippen LogP contribution in [0.15, 0.2) is 24.3 Å². The standard InChI is InChI=1S/C17H25NO3/c1-18-10-9-15(16(12-18)20-2)14-6-4-5-13(11-14)7-8-17(19)21-3/h4-6,11,15-16H,7-10,12H2,1-3H3/t15-,16?/m1/s1. The topological polar surface area (TPSA) is 38.8 Å². The highest BCUT2D eigenvalue weighted by Gasteiger charge is 2.28. The largest absolute Gasteiger partial charge is 0.469 e. The van der Waals surface area contributed by atoms with E-state index in [-0.39, 0.29) is 12.1 Å². The molecule has 1 aliphatic rings. The summed E-state index contributed by atoms with van der Waals surface area (Å²) in [7, 11) is 5.35. The SMILES string of the molecule is COC(=O)CCc1cccc([C@H]2CCN(C)CC2OC)c1. The van der Waals surface area contributed by atoms with Gasteiger partial charge in [-0.05, 0) is 37.6 Å². The van der Waals surface area contributed by atoms with Crippen LogP contribution in [0.2, 0.25) is 0 Å². The molecule has 0 bridgehead atoms. The van der Waals surface area contributed by atoms with Gasteiger partial charge in [0.15, 0.2) is 0 Å². The van der Waals surface area contributed by atoms with Crippen LogP contribution in [-0.4, -0.2) is 51.3 Å². The third kappa shape index (κ3) is 4.29. The third-order valence-electron chi connectivity index (χ3n) is 4.29. The van der Waals surface area contributed by atoms with Crippen LogP contribution in [0.4, 0.5) is 0 Å². The van der Waals surface area contributed by atoms with E-state index in [9.17, 15) is 4.79 Å². The molecule has 4 nitrogen and oxygen atoms in total. The molecule has 0 saturated carbocycles. The first-order valence-corrected chi connectivity index (χ1v) is 7.51. The Hall–Kier alpha value is -1.39. The number of rotatable bonds is 5. The molecule has 1 unspecified atom stereocenters. The molecule has 1 saturated heterocycles. The summed E-state index contributed by atoms with van der Waals surface area (Å²) in [5.74, 6) is 0.277. The van der Waals surface area contributed by atoms with Crippen molar-refractivity contribution < 1.29 is 14.3 Å². The summed E-state index contributed by atoms with van der Waals surface area (Å²) < 4.78 is 10.4. The lowest BCUT2D eigenvalue weighted by molar-refractivity contribution is -0.140. The van der Waals surface area contributed by atoms with Gasteiger partial charge in [-0.2, -0.15) is 0 Å². The van der Waals surface area contributed by atoms with Crippen molar-refractivity contribution in [2.45, 2.75) is 31.3 Å². The first-order valence-electron chi connectivity index (χ1n) is 7.51. The second-order valence-corrected chi connectivity index (χ2v) is 5.75. The monoisotopic (exact) mass is 291 g/mol. The van der Waals surface area contributed by atoms with E-state index in [1.807, 2.05) is 0 Å². The Kier molecular flexibility index (Phi) is 5.76. The molecule has 1 aliphatic heterocycles. The van der Waals surface area contributed by atoms with E-state index in [4.69, 9.17) is 9.47 Å². The molecule has 0 amide bonds. The van der Waals surface area contributed by atoms with Crippen LogP contribution in [0, 0.1) is 0 Å². The Balaban J connectivity index is 2.07. The van der Waals surface area contributed by atoms with Gasteiger partial charge in [-0.1, -0.05) is 24.3 Å². The number of aryl methyl sites for hydroxylation is 1. The van der Waals surface area contributed by atoms with Crippen LogP contribution in [-0.2, 0) is 20.7 Å². The van der Waals surface area contributed by atoms with Gasteiger partial charge in [0.2, 0.25) is 0 Å². The lowest BCUT2D eigenvalue weighted by atomic mass is 9.86. The van der Waals surface area contributed by atoms with E-state index >= 15 is 0 Å². The Bertz CT molecular complexity index is 475. The molecule has 1 aromatic carbocycles. The van der Waals surface area contributed by atoms with E-state index in [1.54, 1.807) is 7.11 Å². The first-order chi connectivity index (χ1) is 10.1. The Morgan fingerprint density at radius 2 is 2.19 bits per heavy atom. The highest BCUT2D eigenvalue weighted by molar-refractivity contribution is 5.69. The predicted octanol–water partition coefficient (Wildman–Crippen LogP) is 2.23. The molecule has 0 spiro atoms. The number of likely N-dealkylation sites (N-methyl/N-ethyl adjacent to an activating group) is 1. The number of nitrogens with zero attached hydrogens (tertiary/aromatic N) is 1. The van der Waals surface area contributed by atoms with Crippen LogP contribution in [0.1, 0.15) is 29.9 Å². The van der Waals surface area contributed by atoms with Crippen LogP contribution in [0.3, 0.4) is 0 Å². The summed E-state index contributed by atoms with van der Waals surface area (Å²) in [5.41, 5.74) is 2.50. The van der Waals surface area contributed by atoms with Crippen molar-refractivity contribution in [3.05, 3.63) is 35.4 Å². The number of methoxy groups -OCH3 is 2. The summed E-state index contributed by atoms with van der Waals surface area (Å²) >= 11 is 0. The number of carbonyl (C=O) groups is 1. The zero-order chi connectivity index (χ0) is 15.2. The molecule has 1 aromatic rings. The molecule has 0 aromatic heterocycles. The zero-order valence-electron chi connectivity index (χ0n) is 13.2. The van der Waals surface area contributed by atoms with Crippen LogP contribution in [0.25, 0.3) is 0 Å².